The monoisotopic (exact) mass is 353 g/mol. The van der Waals surface area contributed by atoms with Crippen LogP contribution in [0.5, 0.6) is 0 Å². The van der Waals surface area contributed by atoms with Crippen LogP contribution in [0.4, 0.5) is 5.69 Å². The summed E-state index contributed by atoms with van der Waals surface area (Å²) in [5.41, 5.74) is 5.56. The number of hydrogen-bond acceptors (Lipinski definition) is 4. The molecule has 0 bridgehead atoms. The number of halogens is 2. The maximum atomic E-state index is 12.1. The third-order valence-electron chi connectivity index (χ3n) is 2.51. The van der Waals surface area contributed by atoms with Gasteiger partial charge in [-0.1, -0.05) is 37.0 Å². The van der Waals surface area contributed by atoms with Gasteiger partial charge in [-0.3, -0.25) is 4.79 Å². The molecule has 9 heteroatoms. The van der Waals surface area contributed by atoms with Crippen molar-refractivity contribution in [1.29, 1.82) is 0 Å². The highest BCUT2D eigenvalue weighted by molar-refractivity contribution is 7.89. The molecule has 0 aliphatic rings. The number of carbonyl (C=O) groups excluding carboxylic acids is 1. The Labute approximate surface area is 134 Å². The average Bonchev–Trinajstić information content (AvgIpc) is 2.40. The lowest BCUT2D eigenvalue weighted by Crippen LogP contribution is -2.38. The summed E-state index contributed by atoms with van der Waals surface area (Å²) < 4.78 is 26.3. The molecule has 0 radical (unpaired) electrons. The van der Waals surface area contributed by atoms with Gasteiger partial charge in [0.15, 0.2) is 0 Å². The molecule has 0 unspecified atom stereocenters. The molecule has 0 saturated heterocycles. The van der Waals surface area contributed by atoms with Crippen LogP contribution >= 0.6 is 23.2 Å². The fourth-order valence-corrected chi connectivity index (χ4v) is 3.12. The van der Waals surface area contributed by atoms with E-state index in [0.717, 1.165) is 0 Å². The molecule has 0 heterocycles. The van der Waals surface area contributed by atoms with Gasteiger partial charge in [0.05, 0.1) is 22.3 Å². The van der Waals surface area contributed by atoms with Crippen molar-refractivity contribution >= 4 is 44.8 Å². The number of nitrogen functional groups attached to an aromatic ring is 1. The Morgan fingerprint density at radius 2 is 1.95 bits per heavy atom. The molecule has 1 aromatic rings. The molecule has 0 aliphatic heterocycles. The van der Waals surface area contributed by atoms with Crippen LogP contribution in [0.25, 0.3) is 0 Å². The third kappa shape index (κ3) is 5.03. The number of hydrogen-bond donors (Lipinski definition) is 3. The molecule has 1 aromatic carbocycles. The van der Waals surface area contributed by atoms with Gasteiger partial charge in [-0.05, 0) is 18.1 Å². The van der Waals surface area contributed by atoms with E-state index in [0.29, 0.717) is 6.54 Å². The van der Waals surface area contributed by atoms with Gasteiger partial charge in [-0.25, -0.2) is 13.1 Å². The van der Waals surface area contributed by atoms with Gasteiger partial charge in [0.2, 0.25) is 15.9 Å². The number of nitrogens with two attached hydrogens (primary N) is 1. The standard InChI is InChI=1S/C12H17Cl2N3O3S/c1-7(2)5-16-10(18)6-17-21(19,20)9-4-3-8(13)12(15)11(9)14/h3-4,7,17H,5-6,15H2,1-2H3,(H,16,18). The molecule has 4 N–H and O–H groups in total. The molecular formula is C12H17Cl2N3O3S. The average molecular weight is 354 g/mol. The van der Waals surface area contributed by atoms with Crippen LogP contribution < -0.4 is 15.8 Å². The van der Waals surface area contributed by atoms with Crippen LogP contribution in [0, 0.1) is 5.92 Å². The first-order valence-corrected chi connectivity index (χ1v) is 8.39. The zero-order chi connectivity index (χ0) is 16.2. The Morgan fingerprint density at radius 3 is 2.52 bits per heavy atom. The first-order chi connectivity index (χ1) is 9.65. The van der Waals surface area contributed by atoms with Crippen LogP contribution in [-0.4, -0.2) is 27.4 Å². The van der Waals surface area contributed by atoms with E-state index in [-0.39, 0.29) is 33.1 Å². The Bertz CT molecular complexity index is 633. The number of nitrogens with one attached hydrogen (secondary N) is 2. The minimum Gasteiger partial charge on any atom is -0.396 e. The van der Waals surface area contributed by atoms with E-state index in [2.05, 4.69) is 10.0 Å². The van der Waals surface area contributed by atoms with E-state index in [1.807, 2.05) is 13.8 Å². The second-order valence-corrected chi connectivity index (χ2v) is 7.32. The van der Waals surface area contributed by atoms with Crippen LogP contribution in [0.15, 0.2) is 17.0 Å². The summed E-state index contributed by atoms with van der Waals surface area (Å²) in [6.45, 7) is 3.95. The van der Waals surface area contributed by atoms with Gasteiger partial charge in [-0.15, -0.1) is 0 Å². The van der Waals surface area contributed by atoms with Crippen molar-refractivity contribution < 1.29 is 13.2 Å². The summed E-state index contributed by atoms with van der Waals surface area (Å²) in [4.78, 5) is 11.3. The number of sulfonamides is 1. The van der Waals surface area contributed by atoms with Gasteiger partial charge in [-0.2, -0.15) is 0 Å². The summed E-state index contributed by atoms with van der Waals surface area (Å²) in [6.07, 6.45) is 0. The van der Waals surface area contributed by atoms with Crippen molar-refractivity contribution in [3.63, 3.8) is 0 Å². The zero-order valence-corrected chi connectivity index (χ0v) is 13.9. The summed E-state index contributed by atoms with van der Waals surface area (Å²) in [6, 6.07) is 2.56. The molecule has 0 fully saturated rings. The smallest absolute Gasteiger partial charge is 0.242 e. The van der Waals surface area contributed by atoms with E-state index in [1.54, 1.807) is 0 Å². The Morgan fingerprint density at radius 1 is 1.33 bits per heavy atom. The third-order valence-corrected chi connectivity index (χ3v) is 4.80. The number of rotatable bonds is 6. The predicted octanol–water partition coefficient (Wildman–Crippen LogP) is 1.63. The lowest BCUT2D eigenvalue weighted by Gasteiger charge is -2.11. The van der Waals surface area contributed by atoms with Crippen LogP contribution in [0.2, 0.25) is 10.0 Å². The lowest BCUT2D eigenvalue weighted by atomic mass is 10.2. The number of amides is 1. The molecule has 0 spiro atoms. The molecular weight excluding hydrogens is 337 g/mol. The summed E-state index contributed by atoms with van der Waals surface area (Å²) in [5, 5.41) is 2.59. The number of benzene rings is 1. The van der Waals surface area contributed by atoms with E-state index in [9.17, 15) is 13.2 Å². The molecule has 1 amide bonds. The SMILES string of the molecule is CC(C)CNC(=O)CNS(=O)(=O)c1ccc(Cl)c(N)c1Cl. The fourth-order valence-electron chi connectivity index (χ4n) is 1.38. The first kappa shape index (κ1) is 18.0. The van der Waals surface area contributed by atoms with Gasteiger partial charge in [0, 0.05) is 6.54 Å². The van der Waals surface area contributed by atoms with Crippen molar-refractivity contribution in [1.82, 2.24) is 10.0 Å². The van der Waals surface area contributed by atoms with Gasteiger partial charge >= 0.3 is 0 Å². The van der Waals surface area contributed by atoms with Gasteiger partial charge < -0.3 is 11.1 Å². The van der Waals surface area contributed by atoms with Gasteiger partial charge in [0.25, 0.3) is 0 Å². The van der Waals surface area contributed by atoms with E-state index in [1.165, 1.54) is 12.1 Å². The van der Waals surface area contributed by atoms with Crippen LogP contribution in [0.3, 0.4) is 0 Å². The first-order valence-electron chi connectivity index (χ1n) is 6.15. The quantitative estimate of drug-likeness (QED) is 0.676. The summed E-state index contributed by atoms with van der Waals surface area (Å²) >= 11 is 11.6. The predicted molar refractivity (Wildman–Crippen MR) is 83.9 cm³/mol. The number of carbonyl (C=O) groups is 1. The zero-order valence-electron chi connectivity index (χ0n) is 11.6. The Kier molecular flexibility index (Phi) is 6.27. The molecule has 0 aromatic heterocycles. The maximum absolute atomic E-state index is 12.1. The van der Waals surface area contributed by atoms with Crippen molar-refractivity contribution in [3.05, 3.63) is 22.2 Å². The minimum absolute atomic E-state index is 0.0227. The molecule has 21 heavy (non-hydrogen) atoms. The topological polar surface area (TPSA) is 101 Å². The van der Waals surface area contributed by atoms with Crippen LogP contribution in [-0.2, 0) is 14.8 Å². The van der Waals surface area contributed by atoms with E-state index < -0.39 is 15.9 Å². The highest BCUT2D eigenvalue weighted by atomic mass is 35.5. The van der Waals surface area contributed by atoms with Crippen molar-refractivity contribution in [3.8, 4) is 0 Å². The second-order valence-electron chi connectivity index (χ2n) is 4.80. The largest absolute Gasteiger partial charge is 0.396 e. The summed E-state index contributed by atoms with van der Waals surface area (Å²) in [7, 11) is -3.95. The molecule has 0 saturated carbocycles. The van der Waals surface area contributed by atoms with Crippen LogP contribution in [0.1, 0.15) is 13.8 Å². The van der Waals surface area contributed by atoms with E-state index in [4.69, 9.17) is 28.9 Å². The van der Waals surface area contributed by atoms with Crippen molar-refractivity contribution in [2.24, 2.45) is 5.92 Å². The number of anilines is 1. The Hall–Kier alpha value is -1.02. The van der Waals surface area contributed by atoms with Gasteiger partial charge in [0.1, 0.15) is 4.90 Å². The molecule has 0 aliphatic carbocycles. The molecule has 0 atom stereocenters. The molecule has 118 valence electrons. The lowest BCUT2D eigenvalue weighted by molar-refractivity contribution is -0.120. The highest BCUT2D eigenvalue weighted by Gasteiger charge is 2.21. The fraction of sp³-hybridized carbons (Fsp3) is 0.417. The Balaban J connectivity index is 2.79. The highest BCUT2D eigenvalue weighted by Crippen LogP contribution is 2.32. The van der Waals surface area contributed by atoms with Crippen molar-refractivity contribution in [2.75, 3.05) is 18.8 Å². The summed E-state index contributed by atoms with van der Waals surface area (Å²) in [5.74, 6) is -0.151. The van der Waals surface area contributed by atoms with E-state index >= 15 is 0 Å². The molecule has 1 rings (SSSR count). The maximum Gasteiger partial charge on any atom is 0.242 e. The second kappa shape index (κ2) is 7.31. The van der Waals surface area contributed by atoms with Crippen molar-refractivity contribution in [2.45, 2.75) is 18.7 Å². The normalized spacial score (nSPS) is 11.7. The minimum atomic E-state index is -3.95. The molecule has 6 nitrogen and oxygen atoms in total.